The van der Waals surface area contributed by atoms with Crippen molar-refractivity contribution in [2.75, 3.05) is 36.4 Å². The number of benzene rings is 2. The molecule has 0 saturated carbocycles. The zero-order chi connectivity index (χ0) is 23.3. The van der Waals surface area contributed by atoms with Crippen molar-refractivity contribution >= 4 is 27.3 Å². The Kier molecular flexibility index (Phi) is 7.68. The minimum Gasteiger partial charge on any atom is -0.435 e. The van der Waals surface area contributed by atoms with Gasteiger partial charge in [-0.25, -0.2) is 8.42 Å². The van der Waals surface area contributed by atoms with Gasteiger partial charge < -0.3 is 15.0 Å². The summed E-state index contributed by atoms with van der Waals surface area (Å²) in [5.41, 5.74) is 1.36. The van der Waals surface area contributed by atoms with Gasteiger partial charge in [0, 0.05) is 31.7 Å². The summed E-state index contributed by atoms with van der Waals surface area (Å²) in [6, 6.07) is 10.1. The summed E-state index contributed by atoms with van der Waals surface area (Å²) in [5.74, 6) is -0.534. The molecular formula is C22H27F2N3O4S. The van der Waals surface area contributed by atoms with Crippen LogP contribution >= 0.6 is 0 Å². The number of hydrogen-bond acceptors (Lipinski definition) is 5. The van der Waals surface area contributed by atoms with Crippen LogP contribution in [0, 0.1) is 0 Å². The molecule has 1 heterocycles. The highest BCUT2D eigenvalue weighted by molar-refractivity contribution is 7.89. The molecule has 2 aromatic carbocycles. The number of carbonyl (C=O) groups is 1. The fourth-order valence-electron chi connectivity index (χ4n) is 3.70. The van der Waals surface area contributed by atoms with Gasteiger partial charge >= 0.3 is 6.61 Å². The first-order valence-corrected chi connectivity index (χ1v) is 12.0. The molecule has 32 heavy (non-hydrogen) atoms. The monoisotopic (exact) mass is 467 g/mol. The molecule has 1 aliphatic rings. The Hall–Kier alpha value is -2.72. The molecule has 174 valence electrons. The third kappa shape index (κ3) is 5.36. The van der Waals surface area contributed by atoms with Gasteiger partial charge in [-0.3, -0.25) is 4.79 Å². The summed E-state index contributed by atoms with van der Waals surface area (Å²) < 4.78 is 56.3. The summed E-state index contributed by atoms with van der Waals surface area (Å²) in [6.07, 6.45) is 2.02. The quantitative estimate of drug-likeness (QED) is 0.599. The zero-order valence-corrected chi connectivity index (χ0v) is 18.9. The second kappa shape index (κ2) is 10.3. The number of carbonyl (C=O) groups excluding carboxylic acids is 1. The normalized spacial score (nSPS) is 14.2. The van der Waals surface area contributed by atoms with Gasteiger partial charge in [-0.2, -0.15) is 13.1 Å². The largest absolute Gasteiger partial charge is 0.435 e. The van der Waals surface area contributed by atoms with Gasteiger partial charge in [0.2, 0.25) is 10.0 Å². The summed E-state index contributed by atoms with van der Waals surface area (Å²) in [5, 5.41) is 2.80. The maximum absolute atomic E-state index is 13.0. The predicted octanol–water partition coefficient (Wildman–Crippen LogP) is 4.17. The standard InChI is InChI=1S/C22H27F2N3O4S/c1-3-27(4-2)32(29,30)18-11-12-20(26-13-5-6-14-26)19(15-18)25-21(28)16-7-9-17(10-8-16)31-22(23)24/h7-12,15,22H,3-6,13-14H2,1-2H3,(H,25,28). The lowest BCUT2D eigenvalue weighted by Gasteiger charge is -2.24. The van der Waals surface area contributed by atoms with E-state index in [1.807, 2.05) is 0 Å². The summed E-state index contributed by atoms with van der Waals surface area (Å²) in [4.78, 5) is 15.0. The smallest absolute Gasteiger partial charge is 0.387 e. The number of anilines is 2. The van der Waals surface area contributed by atoms with Crippen molar-refractivity contribution in [3.05, 3.63) is 48.0 Å². The van der Waals surface area contributed by atoms with Crippen molar-refractivity contribution in [3.8, 4) is 5.75 Å². The van der Waals surface area contributed by atoms with E-state index in [1.54, 1.807) is 26.0 Å². The molecular weight excluding hydrogens is 440 g/mol. The summed E-state index contributed by atoms with van der Waals surface area (Å²) >= 11 is 0. The van der Waals surface area contributed by atoms with E-state index in [9.17, 15) is 22.0 Å². The molecule has 0 aliphatic carbocycles. The maximum atomic E-state index is 13.0. The molecule has 0 unspecified atom stereocenters. The Morgan fingerprint density at radius 2 is 1.72 bits per heavy atom. The van der Waals surface area contributed by atoms with E-state index in [2.05, 4.69) is 15.0 Å². The van der Waals surface area contributed by atoms with Gasteiger partial charge in [-0.15, -0.1) is 0 Å². The van der Waals surface area contributed by atoms with Crippen LogP contribution in [0.5, 0.6) is 5.75 Å². The first kappa shape index (κ1) is 23.9. The minimum atomic E-state index is -3.71. The van der Waals surface area contributed by atoms with E-state index >= 15 is 0 Å². The van der Waals surface area contributed by atoms with Crippen LogP contribution in [-0.2, 0) is 10.0 Å². The van der Waals surface area contributed by atoms with E-state index in [4.69, 9.17) is 0 Å². The number of hydrogen-bond donors (Lipinski definition) is 1. The van der Waals surface area contributed by atoms with Crippen LogP contribution in [0.15, 0.2) is 47.4 Å². The van der Waals surface area contributed by atoms with Crippen LogP contribution in [0.3, 0.4) is 0 Å². The molecule has 0 spiro atoms. The Balaban J connectivity index is 1.92. The Morgan fingerprint density at radius 3 is 2.28 bits per heavy atom. The second-order valence-electron chi connectivity index (χ2n) is 7.32. The average molecular weight is 468 g/mol. The molecule has 1 amide bonds. The molecule has 7 nitrogen and oxygen atoms in total. The van der Waals surface area contributed by atoms with Gasteiger partial charge in [0.1, 0.15) is 5.75 Å². The highest BCUT2D eigenvalue weighted by Gasteiger charge is 2.25. The van der Waals surface area contributed by atoms with Crippen molar-refractivity contribution < 1.29 is 26.7 Å². The lowest BCUT2D eigenvalue weighted by atomic mass is 10.2. The van der Waals surface area contributed by atoms with E-state index in [0.29, 0.717) is 18.8 Å². The van der Waals surface area contributed by atoms with E-state index in [1.165, 1.54) is 34.6 Å². The van der Waals surface area contributed by atoms with Crippen molar-refractivity contribution in [2.24, 2.45) is 0 Å². The predicted molar refractivity (Wildman–Crippen MR) is 119 cm³/mol. The third-order valence-corrected chi connectivity index (χ3v) is 7.39. The van der Waals surface area contributed by atoms with Crippen LogP contribution in [0.2, 0.25) is 0 Å². The van der Waals surface area contributed by atoms with Gasteiger partial charge in [-0.1, -0.05) is 13.8 Å². The van der Waals surface area contributed by atoms with Crippen LogP contribution in [-0.4, -0.2) is 51.4 Å². The van der Waals surface area contributed by atoms with Gasteiger partial charge in [0.25, 0.3) is 5.91 Å². The number of nitrogens with zero attached hydrogens (tertiary/aromatic N) is 2. The highest BCUT2D eigenvalue weighted by Crippen LogP contribution is 2.33. The molecule has 2 aromatic rings. The van der Waals surface area contributed by atoms with Crippen molar-refractivity contribution in [3.63, 3.8) is 0 Å². The number of ether oxygens (including phenoxy) is 1. The number of amides is 1. The first-order chi connectivity index (χ1) is 15.3. The summed E-state index contributed by atoms with van der Waals surface area (Å²) in [6.45, 7) is 2.87. The number of nitrogens with one attached hydrogen (secondary N) is 1. The Labute approximate surface area is 187 Å². The number of rotatable bonds is 9. The molecule has 10 heteroatoms. The SMILES string of the molecule is CCN(CC)S(=O)(=O)c1ccc(N2CCCC2)c(NC(=O)c2ccc(OC(F)F)cc2)c1. The van der Waals surface area contributed by atoms with Crippen molar-refractivity contribution in [1.82, 2.24) is 4.31 Å². The lowest BCUT2D eigenvalue weighted by molar-refractivity contribution is -0.0498. The third-order valence-electron chi connectivity index (χ3n) is 5.35. The Bertz CT molecular complexity index is 1040. The molecule has 0 aromatic heterocycles. The van der Waals surface area contributed by atoms with Crippen LogP contribution in [0.4, 0.5) is 20.2 Å². The Morgan fingerprint density at radius 1 is 1.09 bits per heavy atom. The highest BCUT2D eigenvalue weighted by atomic mass is 32.2. The van der Waals surface area contributed by atoms with Crippen molar-refractivity contribution in [2.45, 2.75) is 38.2 Å². The number of halogens is 2. The van der Waals surface area contributed by atoms with Crippen molar-refractivity contribution in [1.29, 1.82) is 0 Å². The molecule has 1 N–H and O–H groups in total. The van der Waals surface area contributed by atoms with Gasteiger partial charge in [-0.05, 0) is 55.3 Å². The van der Waals surface area contributed by atoms with Crippen LogP contribution < -0.4 is 15.0 Å². The average Bonchev–Trinajstić information content (AvgIpc) is 3.29. The first-order valence-electron chi connectivity index (χ1n) is 10.5. The van der Waals surface area contributed by atoms with Gasteiger partial charge in [0.15, 0.2) is 0 Å². The molecule has 0 bridgehead atoms. The molecule has 1 saturated heterocycles. The lowest BCUT2D eigenvalue weighted by Crippen LogP contribution is -2.31. The summed E-state index contributed by atoms with van der Waals surface area (Å²) in [7, 11) is -3.71. The minimum absolute atomic E-state index is 0.0541. The molecule has 0 atom stereocenters. The topological polar surface area (TPSA) is 79.0 Å². The maximum Gasteiger partial charge on any atom is 0.387 e. The molecule has 1 aliphatic heterocycles. The number of alkyl halides is 2. The molecule has 1 fully saturated rings. The fraction of sp³-hybridized carbons (Fsp3) is 0.409. The van der Waals surface area contributed by atoms with E-state index in [0.717, 1.165) is 31.6 Å². The zero-order valence-electron chi connectivity index (χ0n) is 18.1. The van der Waals surface area contributed by atoms with E-state index in [-0.39, 0.29) is 16.2 Å². The fourth-order valence-corrected chi connectivity index (χ4v) is 5.19. The van der Waals surface area contributed by atoms with Crippen LogP contribution in [0.25, 0.3) is 0 Å². The second-order valence-corrected chi connectivity index (χ2v) is 9.26. The van der Waals surface area contributed by atoms with Gasteiger partial charge in [0.05, 0.1) is 16.3 Å². The number of sulfonamides is 1. The van der Waals surface area contributed by atoms with Crippen LogP contribution in [0.1, 0.15) is 37.0 Å². The van der Waals surface area contributed by atoms with E-state index < -0.39 is 22.5 Å². The molecule has 0 radical (unpaired) electrons. The molecule has 3 rings (SSSR count).